The van der Waals surface area contributed by atoms with Crippen molar-refractivity contribution in [1.29, 1.82) is 0 Å². The number of rotatable bonds is 17. The lowest BCUT2D eigenvalue weighted by molar-refractivity contribution is 0.0695. The molecule has 8 heterocycles. The zero-order valence-corrected chi connectivity index (χ0v) is 50.5. The lowest BCUT2D eigenvalue weighted by Gasteiger charge is -2.15. The average Bonchev–Trinajstić information content (AvgIpc) is 4.39. The van der Waals surface area contributed by atoms with E-state index in [0.717, 1.165) is 28.9 Å². The number of pyridine rings is 2. The van der Waals surface area contributed by atoms with Crippen LogP contribution in [0.5, 0.6) is 0 Å². The zero-order chi connectivity index (χ0) is 56.8. The first kappa shape index (κ1) is 62.8. The Morgan fingerprint density at radius 3 is 1.51 bits per heavy atom. The summed E-state index contributed by atoms with van der Waals surface area (Å²) in [5.41, 5.74) is 12.6. The summed E-state index contributed by atoms with van der Waals surface area (Å²) in [5.74, 6) is -2.09. The Morgan fingerprint density at radius 1 is 0.654 bits per heavy atom. The largest absolute Gasteiger partial charge is 0.478 e. The van der Waals surface area contributed by atoms with Crippen molar-refractivity contribution in [1.82, 2.24) is 63.9 Å². The minimum atomic E-state index is -1.25. The molecule has 2 aromatic carbocycles. The number of carbonyl (C=O) groups is 2. The highest BCUT2D eigenvalue weighted by Gasteiger charge is 2.24. The van der Waals surface area contributed by atoms with E-state index in [-0.39, 0.29) is 79.0 Å². The molecule has 4 N–H and O–H groups in total. The van der Waals surface area contributed by atoms with Crippen molar-refractivity contribution in [2.75, 3.05) is 13.2 Å². The number of hydrogen-bond donors (Lipinski definition) is 3. The van der Waals surface area contributed by atoms with Crippen LogP contribution in [0, 0.1) is 11.6 Å². The van der Waals surface area contributed by atoms with Gasteiger partial charge in [0.05, 0.1) is 46.4 Å². The Labute approximate surface area is 482 Å². The van der Waals surface area contributed by atoms with E-state index in [1.165, 1.54) is 30.5 Å². The second kappa shape index (κ2) is 26.9. The van der Waals surface area contributed by atoms with E-state index in [0.29, 0.717) is 74.8 Å². The van der Waals surface area contributed by atoms with Crippen LogP contribution in [0.25, 0.3) is 66.9 Å². The third-order valence-corrected chi connectivity index (χ3v) is 16.2. The number of carboxylic acids is 1. The van der Waals surface area contributed by atoms with Gasteiger partial charge in [-0.05, 0) is 86.6 Å². The number of hydrogen-bond acceptors (Lipinski definition) is 13. The molecule has 428 valence electrons. The molecule has 8 aromatic heterocycles. The van der Waals surface area contributed by atoms with Crippen LogP contribution < -0.4 is 11.1 Å². The van der Waals surface area contributed by atoms with E-state index in [1.807, 2.05) is 54.8 Å². The number of carboxylic acid groups (broad SMARTS) is 1. The smallest absolute Gasteiger partial charge is 0.339 e. The Bertz CT molecular complexity index is 3770. The molecule has 0 spiro atoms. The first-order chi connectivity index (χ1) is 37.5. The molecular weight excluding hydrogens is 1110 g/mol. The van der Waals surface area contributed by atoms with E-state index in [4.69, 9.17) is 20.2 Å². The highest BCUT2D eigenvalue weighted by atomic mass is 35.5. The quantitative estimate of drug-likeness (QED) is 0.0568. The Kier molecular flexibility index (Phi) is 20.9. The third kappa shape index (κ3) is 15.5. The molecule has 10 rings (SSSR count). The molecule has 0 saturated carbocycles. The lowest BCUT2D eigenvalue weighted by atomic mass is 10.1. The minimum absolute atomic E-state index is 0. The van der Waals surface area contributed by atoms with Gasteiger partial charge in [-0.1, -0.05) is 51.4 Å². The number of benzene rings is 2. The fraction of sp³-hybridized carbons (Fsp3) is 0.321. The van der Waals surface area contributed by atoms with Crippen molar-refractivity contribution in [2.24, 2.45) is 19.8 Å². The van der Waals surface area contributed by atoms with Gasteiger partial charge in [0.1, 0.15) is 64.5 Å². The molecule has 19 nitrogen and oxygen atoms in total. The van der Waals surface area contributed by atoms with E-state index in [1.54, 1.807) is 71.1 Å². The van der Waals surface area contributed by atoms with Crippen LogP contribution in [0.4, 0.5) is 8.78 Å². The molecule has 0 aliphatic heterocycles. The number of fused-ring (bicyclic) bond motifs is 4. The van der Waals surface area contributed by atoms with Gasteiger partial charge in [-0.2, -0.15) is 10.2 Å². The summed E-state index contributed by atoms with van der Waals surface area (Å²) in [6, 6.07) is 22.0. The van der Waals surface area contributed by atoms with Crippen LogP contribution in [-0.2, 0) is 37.0 Å². The van der Waals surface area contributed by atoms with Crippen molar-refractivity contribution in [3.8, 4) is 22.8 Å². The predicted octanol–water partition coefficient (Wildman–Crippen LogP) is 11.4. The normalized spacial score (nSPS) is 12.3. The fourth-order valence-electron chi connectivity index (χ4n) is 8.40. The molecular formula is C56H68Cl2F2N14O5Si2. The predicted molar refractivity (Wildman–Crippen MR) is 321 cm³/mol. The van der Waals surface area contributed by atoms with E-state index in [2.05, 4.69) is 79.7 Å². The second-order valence-electron chi connectivity index (χ2n) is 21.6. The van der Waals surface area contributed by atoms with E-state index in [9.17, 15) is 23.5 Å². The van der Waals surface area contributed by atoms with Gasteiger partial charge < -0.3 is 34.8 Å². The number of ether oxygens (including phenoxy) is 2. The number of aromatic nitrogens is 12. The molecule has 0 aliphatic rings. The number of nitrogens with two attached hydrogens (primary N) is 1. The molecule has 0 fully saturated rings. The van der Waals surface area contributed by atoms with Crippen LogP contribution in [0.3, 0.4) is 0 Å². The first-order valence-electron chi connectivity index (χ1n) is 25.8. The maximum Gasteiger partial charge on any atom is 0.339 e. The highest BCUT2D eigenvalue weighted by molar-refractivity contribution is 6.76. The summed E-state index contributed by atoms with van der Waals surface area (Å²) in [5, 5.41) is 23.2. The highest BCUT2D eigenvalue weighted by Crippen LogP contribution is 2.31. The molecule has 0 aliphatic carbocycles. The number of carbonyl (C=O) groups excluding carboxylic acids is 1. The van der Waals surface area contributed by atoms with Crippen molar-refractivity contribution in [3.63, 3.8) is 0 Å². The molecule has 0 bridgehead atoms. The van der Waals surface area contributed by atoms with Crippen LogP contribution in [-0.4, -0.2) is 105 Å². The van der Waals surface area contributed by atoms with Crippen molar-refractivity contribution in [2.45, 2.75) is 90.8 Å². The summed E-state index contributed by atoms with van der Waals surface area (Å²) in [7, 11) is 1.00. The SMILES string of the molecule is C[C@@H](N)c1ccccn1.C[C@@H](NC(=O)c1cn(COCC[Si](C)(C)C)c2ncc(-c3nn(C)c4cc(F)ccc34)nc12)c1ccccn1.Cl.Cl.Cn1nc(-c2cnc3c(n2)c(C(=O)O)cn3COCC[Si](C)(C)C)c2ccc(F)cc21. The number of aromatic carboxylic acids is 1. The standard InChI is InChI=1S/C28H32FN7O2Si.C21H24FN5O3Si.C7H10N2.2ClH/c1-18(22-8-6-7-11-30-22)32-28(37)21-16-36(17-38-12-13-39(3,4)5)27-26(21)33-23(15-31-27)25-20-10-9-19(29)14-24(20)35(2)34-25;1-26-17-9-13(22)5-6-14(17)18(25-26)16-10-23-20-19(24-16)15(21(28)29)11-27(20)12-30-7-8-31(2,3)4;1-6(8)7-4-2-3-5-9-7;;/h6-11,14-16,18H,12-13,17H2,1-5H3,(H,32,37);5-6,9-11H,7-8,12H2,1-4H3,(H,28,29);2-6H,8H2,1H3;2*1H/t18-;;6-;;/m1.1../s1. The molecule has 10 aromatic rings. The Balaban J connectivity index is 0.000000225. The van der Waals surface area contributed by atoms with Crippen LogP contribution in [0.1, 0.15) is 58.0 Å². The number of nitrogens with one attached hydrogen (secondary N) is 1. The van der Waals surface area contributed by atoms with Gasteiger partial charge in [-0.3, -0.25) is 24.1 Å². The zero-order valence-electron chi connectivity index (χ0n) is 46.9. The van der Waals surface area contributed by atoms with Gasteiger partial charge >= 0.3 is 5.97 Å². The molecule has 1 amide bonds. The molecule has 0 radical (unpaired) electrons. The fourth-order valence-corrected chi connectivity index (χ4v) is 9.91. The average molecular weight is 1180 g/mol. The summed E-state index contributed by atoms with van der Waals surface area (Å²) in [6.45, 7) is 19.2. The molecule has 25 heteroatoms. The summed E-state index contributed by atoms with van der Waals surface area (Å²) in [4.78, 5) is 52.3. The number of amides is 1. The van der Waals surface area contributed by atoms with Gasteiger partial charge in [0.25, 0.3) is 5.91 Å². The summed E-state index contributed by atoms with van der Waals surface area (Å²) in [6.07, 6.45) is 9.86. The monoisotopic (exact) mass is 1180 g/mol. The van der Waals surface area contributed by atoms with Gasteiger partial charge in [0, 0.05) is 85.1 Å². The van der Waals surface area contributed by atoms with Gasteiger partial charge in [-0.25, -0.2) is 33.5 Å². The maximum absolute atomic E-state index is 13.9. The number of nitrogens with zero attached hydrogens (tertiary/aromatic N) is 12. The molecule has 81 heavy (non-hydrogen) atoms. The van der Waals surface area contributed by atoms with Gasteiger partial charge in [-0.15, -0.1) is 24.8 Å². The van der Waals surface area contributed by atoms with Crippen LogP contribution >= 0.6 is 24.8 Å². The van der Waals surface area contributed by atoms with Gasteiger partial charge in [0.15, 0.2) is 11.3 Å². The first-order valence-corrected chi connectivity index (χ1v) is 33.2. The molecule has 0 saturated heterocycles. The summed E-state index contributed by atoms with van der Waals surface area (Å²) < 4.78 is 45.9. The lowest BCUT2D eigenvalue weighted by Crippen LogP contribution is -2.27. The third-order valence-electron chi connectivity index (χ3n) is 12.8. The molecule has 2 atom stereocenters. The minimum Gasteiger partial charge on any atom is -0.478 e. The number of aryl methyl sites for hydroxylation is 2. The second-order valence-corrected chi connectivity index (χ2v) is 32.9. The Hall–Kier alpha value is -7.39. The van der Waals surface area contributed by atoms with Crippen molar-refractivity contribution >= 4 is 97.0 Å². The van der Waals surface area contributed by atoms with Gasteiger partial charge in [0.2, 0.25) is 0 Å². The summed E-state index contributed by atoms with van der Waals surface area (Å²) >= 11 is 0. The van der Waals surface area contributed by atoms with Crippen molar-refractivity contribution < 1.29 is 33.0 Å². The molecule has 0 unspecified atom stereocenters. The van der Waals surface area contributed by atoms with Crippen LogP contribution in [0.15, 0.2) is 110 Å². The Morgan fingerprint density at radius 2 is 1.10 bits per heavy atom. The number of halogens is 4. The maximum atomic E-state index is 13.9. The van der Waals surface area contributed by atoms with E-state index < -0.39 is 22.1 Å². The van der Waals surface area contributed by atoms with Crippen LogP contribution in [0.2, 0.25) is 51.4 Å². The van der Waals surface area contributed by atoms with E-state index >= 15 is 0 Å². The van der Waals surface area contributed by atoms with Crippen molar-refractivity contribution in [3.05, 3.63) is 144 Å². The topological polar surface area (TPSA) is 234 Å².